The molecule has 0 aliphatic rings. The predicted octanol–water partition coefficient (Wildman–Crippen LogP) is 1.46. The molecule has 0 aromatic carbocycles. The van der Waals surface area contributed by atoms with Gasteiger partial charge in [-0.05, 0) is 6.92 Å². The second-order valence-corrected chi connectivity index (χ2v) is 2.66. The first-order chi connectivity index (χ1) is 6.63. The Morgan fingerprint density at radius 3 is 2.93 bits per heavy atom. The number of nitrogens with zero attached hydrogens (tertiary/aromatic N) is 2. The molecule has 6 heteroatoms. The van der Waals surface area contributed by atoms with E-state index in [1.54, 1.807) is 6.92 Å². The van der Waals surface area contributed by atoms with Gasteiger partial charge < -0.3 is 10.7 Å². The number of hydrogen-bond donors (Lipinski definition) is 2. The van der Waals surface area contributed by atoms with Gasteiger partial charge in [-0.2, -0.15) is 0 Å². The van der Waals surface area contributed by atoms with Crippen LogP contribution in [0, 0.1) is 12.3 Å². The third-order valence-electron chi connectivity index (χ3n) is 1.48. The molecule has 0 spiro atoms. The van der Waals surface area contributed by atoms with Gasteiger partial charge in [0.05, 0.1) is 12.2 Å². The van der Waals surface area contributed by atoms with Crippen molar-refractivity contribution in [3.05, 3.63) is 17.6 Å². The van der Waals surface area contributed by atoms with Crippen LogP contribution in [0.25, 0.3) is 0 Å². The largest absolute Gasteiger partial charge is 0.362 e. The van der Waals surface area contributed by atoms with Gasteiger partial charge in [0.15, 0.2) is 5.82 Å². The highest BCUT2D eigenvalue weighted by atomic mass is 19.3. The molecule has 1 aromatic heterocycles. The summed E-state index contributed by atoms with van der Waals surface area (Å²) in [5, 5.41) is 9.42. The van der Waals surface area contributed by atoms with Crippen molar-refractivity contribution in [3.63, 3.8) is 0 Å². The Bertz CT molecular complexity index is 327. The van der Waals surface area contributed by atoms with Crippen molar-refractivity contribution >= 4 is 12.0 Å². The lowest BCUT2D eigenvalue weighted by Crippen LogP contribution is -2.14. The van der Waals surface area contributed by atoms with E-state index in [1.807, 2.05) is 0 Å². The van der Waals surface area contributed by atoms with Gasteiger partial charge in [-0.25, -0.2) is 18.7 Å². The zero-order valence-electron chi connectivity index (χ0n) is 7.59. The fourth-order valence-electron chi connectivity index (χ4n) is 0.896. The van der Waals surface area contributed by atoms with E-state index >= 15 is 0 Å². The van der Waals surface area contributed by atoms with Crippen LogP contribution < -0.4 is 5.32 Å². The molecule has 4 nitrogen and oxygen atoms in total. The standard InChI is InChI=1S/C8H10F2N4/c1-5-3-12-6(2-11)8(14-5)13-4-7(9)10/h2-3,7,11H,4H2,1H3,(H,13,14). The van der Waals surface area contributed by atoms with Crippen molar-refractivity contribution in [2.45, 2.75) is 13.3 Å². The summed E-state index contributed by atoms with van der Waals surface area (Å²) in [5.41, 5.74) is 0.878. The van der Waals surface area contributed by atoms with Crippen LogP contribution in [0.1, 0.15) is 11.4 Å². The maximum absolute atomic E-state index is 11.9. The molecule has 0 fully saturated rings. The number of hydrogen-bond acceptors (Lipinski definition) is 4. The van der Waals surface area contributed by atoms with E-state index in [2.05, 4.69) is 15.3 Å². The first kappa shape index (κ1) is 10.5. The third-order valence-corrected chi connectivity index (χ3v) is 1.48. The highest BCUT2D eigenvalue weighted by Gasteiger charge is 2.06. The Balaban J connectivity index is 2.82. The molecule has 0 saturated carbocycles. The summed E-state index contributed by atoms with van der Waals surface area (Å²) in [6.45, 7) is 1.22. The molecule has 1 rings (SSSR count). The number of aryl methyl sites for hydroxylation is 1. The summed E-state index contributed by atoms with van der Waals surface area (Å²) in [4.78, 5) is 7.82. The SMILES string of the molecule is Cc1cnc(C=N)c(NCC(F)F)n1. The summed E-state index contributed by atoms with van der Waals surface area (Å²) in [5.74, 6) is 0.223. The quantitative estimate of drug-likeness (QED) is 0.723. The lowest BCUT2D eigenvalue weighted by atomic mass is 10.4. The molecule has 0 aliphatic heterocycles. The van der Waals surface area contributed by atoms with Gasteiger partial charge in [0.2, 0.25) is 0 Å². The summed E-state index contributed by atoms with van der Waals surface area (Å²) >= 11 is 0. The Labute approximate surface area is 79.9 Å². The van der Waals surface area contributed by atoms with Crippen molar-refractivity contribution in [1.82, 2.24) is 9.97 Å². The smallest absolute Gasteiger partial charge is 0.255 e. The van der Waals surface area contributed by atoms with Gasteiger partial charge >= 0.3 is 0 Å². The Kier molecular flexibility index (Phi) is 3.44. The molecule has 76 valence electrons. The molecule has 0 amide bonds. The predicted molar refractivity (Wildman–Crippen MR) is 49.1 cm³/mol. The minimum Gasteiger partial charge on any atom is -0.362 e. The average Bonchev–Trinajstić information content (AvgIpc) is 2.15. The van der Waals surface area contributed by atoms with Crippen LogP contribution in [0.15, 0.2) is 6.20 Å². The van der Waals surface area contributed by atoms with Gasteiger partial charge in [-0.1, -0.05) is 0 Å². The summed E-state index contributed by atoms with van der Waals surface area (Å²) in [6.07, 6.45) is 0.00431. The maximum Gasteiger partial charge on any atom is 0.255 e. The Morgan fingerprint density at radius 2 is 2.36 bits per heavy atom. The first-order valence-corrected chi connectivity index (χ1v) is 3.99. The van der Waals surface area contributed by atoms with E-state index in [1.165, 1.54) is 6.20 Å². The minimum atomic E-state index is -2.45. The number of aromatic nitrogens is 2. The Morgan fingerprint density at radius 1 is 1.64 bits per heavy atom. The lowest BCUT2D eigenvalue weighted by molar-refractivity contribution is 0.163. The minimum absolute atomic E-state index is 0.223. The average molecular weight is 200 g/mol. The summed E-state index contributed by atoms with van der Waals surface area (Å²) in [6, 6.07) is 0. The van der Waals surface area contributed by atoms with Crippen LogP contribution >= 0.6 is 0 Å². The monoisotopic (exact) mass is 200 g/mol. The van der Waals surface area contributed by atoms with Gasteiger partial charge in [0, 0.05) is 12.4 Å². The number of nitrogens with one attached hydrogen (secondary N) is 2. The third kappa shape index (κ3) is 2.72. The molecule has 1 heterocycles. The van der Waals surface area contributed by atoms with Crippen molar-refractivity contribution < 1.29 is 8.78 Å². The number of rotatable bonds is 4. The van der Waals surface area contributed by atoms with Crippen LogP contribution in [-0.4, -0.2) is 29.2 Å². The fourth-order valence-corrected chi connectivity index (χ4v) is 0.896. The molecule has 0 atom stereocenters. The molecule has 14 heavy (non-hydrogen) atoms. The van der Waals surface area contributed by atoms with Crippen LogP contribution in [0.3, 0.4) is 0 Å². The molecule has 0 radical (unpaired) electrons. The molecule has 2 N–H and O–H groups in total. The van der Waals surface area contributed by atoms with E-state index in [-0.39, 0.29) is 11.5 Å². The molecular formula is C8H10F2N4. The molecular weight excluding hydrogens is 190 g/mol. The summed E-state index contributed by atoms with van der Waals surface area (Å²) in [7, 11) is 0. The number of alkyl halides is 2. The normalized spacial score (nSPS) is 10.3. The van der Waals surface area contributed by atoms with E-state index in [0.29, 0.717) is 5.69 Å². The Hall–Kier alpha value is -1.59. The molecule has 0 bridgehead atoms. The maximum atomic E-state index is 11.9. The number of halogens is 2. The van der Waals surface area contributed by atoms with Crippen LogP contribution in [0.4, 0.5) is 14.6 Å². The van der Waals surface area contributed by atoms with Crippen LogP contribution in [-0.2, 0) is 0 Å². The van der Waals surface area contributed by atoms with E-state index < -0.39 is 13.0 Å². The molecule has 1 aromatic rings. The van der Waals surface area contributed by atoms with Crippen molar-refractivity contribution in [2.24, 2.45) is 0 Å². The van der Waals surface area contributed by atoms with Crippen molar-refractivity contribution in [2.75, 3.05) is 11.9 Å². The first-order valence-electron chi connectivity index (χ1n) is 3.99. The highest BCUT2D eigenvalue weighted by molar-refractivity contribution is 5.81. The van der Waals surface area contributed by atoms with E-state index in [4.69, 9.17) is 5.41 Å². The topological polar surface area (TPSA) is 61.7 Å². The van der Waals surface area contributed by atoms with Gasteiger partial charge in [0.1, 0.15) is 5.69 Å². The van der Waals surface area contributed by atoms with Gasteiger partial charge in [-0.15, -0.1) is 0 Å². The van der Waals surface area contributed by atoms with Crippen molar-refractivity contribution in [1.29, 1.82) is 5.41 Å². The van der Waals surface area contributed by atoms with Gasteiger partial charge in [0.25, 0.3) is 6.43 Å². The number of anilines is 1. The molecule has 0 unspecified atom stereocenters. The second-order valence-electron chi connectivity index (χ2n) is 2.66. The lowest BCUT2D eigenvalue weighted by Gasteiger charge is -2.07. The molecule has 0 saturated heterocycles. The van der Waals surface area contributed by atoms with E-state index in [9.17, 15) is 8.78 Å². The zero-order chi connectivity index (χ0) is 10.6. The fraction of sp³-hybridized carbons (Fsp3) is 0.375. The summed E-state index contributed by atoms with van der Waals surface area (Å²) < 4.78 is 23.8. The molecule has 0 aliphatic carbocycles. The van der Waals surface area contributed by atoms with Crippen LogP contribution in [0.2, 0.25) is 0 Å². The van der Waals surface area contributed by atoms with Crippen molar-refractivity contribution in [3.8, 4) is 0 Å². The van der Waals surface area contributed by atoms with Crippen LogP contribution in [0.5, 0.6) is 0 Å². The second kappa shape index (κ2) is 4.59. The zero-order valence-corrected chi connectivity index (χ0v) is 7.59. The van der Waals surface area contributed by atoms with E-state index in [0.717, 1.165) is 6.21 Å². The highest BCUT2D eigenvalue weighted by Crippen LogP contribution is 2.08. The van der Waals surface area contributed by atoms with Gasteiger partial charge in [-0.3, -0.25) is 0 Å².